The smallest absolute Gasteiger partial charge is 0.388 e. The van der Waals surface area contributed by atoms with Crippen molar-refractivity contribution in [3.63, 3.8) is 0 Å². The summed E-state index contributed by atoms with van der Waals surface area (Å²) in [5.74, 6) is -12.2. The summed E-state index contributed by atoms with van der Waals surface area (Å²) in [7, 11) is 0. The highest BCUT2D eigenvalue weighted by Gasteiger charge is 2.68. The number of carbonyl (C=O) groups is 4. The fraction of sp³-hybridized carbons (Fsp3) is 0.714. The van der Waals surface area contributed by atoms with E-state index >= 15 is 0 Å². The van der Waals surface area contributed by atoms with E-state index in [1.807, 2.05) is 0 Å². The molecule has 0 radical (unpaired) electrons. The van der Waals surface area contributed by atoms with E-state index in [9.17, 15) is 43.3 Å². The van der Waals surface area contributed by atoms with Crippen LogP contribution in [0.5, 0.6) is 0 Å². The van der Waals surface area contributed by atoms with Gasteiger partial charge in [-0.3, -0.25) is 14.4 Å². The zero-order chi connectivity index (χ0) is 19.7. The minimum absolute atomic E-state index is 0.406. The van der Waals surface area contributed by atoms with Crippen LogP contribution in [0.4, 0.5) is 8.78 Å². The number of hydrogen-bond acceptors (Lipinski definition) is 8. The maximum atomic E-state index is 14.3. The van der Waals surface area contributed by atoms with Crippen molar-refractivity contribution in [3.8, 4) is 0 Å². The summed E-state index contributed by atoms with van der Waals surface area (Å²) in [4.78, 5) is 45.6. The second kappa shape index (κ2) is 6.99. The number of alkyl halides is 2. The van der Waals surface area contributed by atoms with E-state index < -0.39 is 52.7 Å². The van der Waals surface area contributed by atoms with E-state index in [0.29, 0.717) is 13.8 Å². The molecule has 0 aromatic carbocycles. The monoisotopic (exact) mass is 354 g/mol. The minimum atomic E-state index is -5.12. The van der Waals surface area contributed by atoms with Crippen LogP contribution in [0.25, 0.3) is 0 Å². The molecule has 10 heteroatoms. The molecule has 0 rings (SSSR count). The van der Waals surface area contributed by atoms with Gasteiger partial charge in [0.05, 0.1) is 5.41 Å². The van der Waals surface area contributed by atoms with Crippen LogP contribution in [0.15, 0.2) is 0 Å². The molecule has 3 N–H and O–H groups in total. The summed E-state index contributed by atoms with van der Waals surface area (Å²) >= 11 is 0. The third-order valence-corrected chi connectivity index (χ3v) is 3.21. The molecule has 0 aromatic heterocycles. The number of ether oxygens (including phenoxy) is 1. The molecule has 0 aliphatic heterocycles. The molecule has 0 amide bonds. The standard InChI is InChI=1S/C14H20F2O8/c1-6(17)8(19)9(20)13(23,7(2)18)14(15,16)11(22)24-10(21)12(3,4)5/h8-9,19-20,23H,1-5H3/t8?,9-,13-/m1/s1. The second-order valence-corrected chi connectivity index (χ2v) is 6.32. The Bertz CT molecular complexity index is 551. The van der Waals surface area contributed by atoms with Gasteiger partial charge in [0, 0.05) is 0 Å². The SMILES string of the molecule is CC(=O)C(O)[C@@H](O)[C@](O)(C(C)=O)C(F)(F)C(=O)OC(=O)C(C)(C)C. The normalized spacial score (nSPS) is 17.4. The second-order valence-electron chi connectivity index (χ2n) is 6.32. The van der Waals surface area contributed by atoms with E-state index in [0.717, 1.165) is 0 Å². The van der Waals surface area contributed by atoms with Gasteiger partial charge in [-0.05, 0) is 34.6 Å². The van der Waals surface area contributed by atoms with Crippen molar-refractivity contribution < 1.29 is 48.0 Å². The maximum Gasteiger partial charge on any atom is 0.388 e. The lowest BCUT2D eigenvalue weighted by molar-refractivity contribution is -0.241. The summed E-state index contributed by atoms with van der Waals surface area (Å²) in [6.07, 6.45) is -5.60. The van der Waals surface area contributed by atoms with Crippen LogP contribution < -0.4 is 0 Å². The minimum Gasteiger partial charge on any atom is -0.388 e. The molecule has 1 unspecified atom stereocenters. The van der Waals surface area contributed by atoms with Crippen LogP contribution in [0.1, 0.15) is 34.6 Å². The first kappa shape index (κ1) is 22.2. The van der Waals surface area contributed by atoms with Gasteiger partial charge in [0.1, 0.15) is 12.2 Å². The van der Waals surface area contributed by atoms with Crippen molar-refractivity contribution in [1.82, 2.24) is 0 Å². The molecule has 8 nitrogen and oxygen atoms in total. The summed E-state index contributed by atoms with van der Waals surface area (Å²) in [5, 5.41) is 28.9. The number of carbonyl (C=O) groups excluding carboxylic acids is 4. The molecule has 0 aliphatic carbocycles. The molecule has 0 spiro atoms. The Hall–Kier alpha value is -1.78. The predicted molar refractivity (Wildman–Crippen MR) is 73.8 cm³/mol. The first-order chi connectivity index (χ1) is 10.5. The van der Waals surface area contributed by atoms with Gasteiger partial charge in [-0.15, -0.1) is 0 Å². The average molecular weight is 354 g/mol. The first-order valence-corrected chi connectivity index (χ1v) is 6.75. The fourth-order valence-corrected chi connectivity index (χ4v) is 1.52. The van der Waals surface area contributed by atoms with Gasteiger partial charge in [0.25, 0.3) is 0 Å². The van der Waals surface area contributed by atoms with Crippen LogP contribution in [-0.2, 0) is 23.9 Å². The van der Waals surface area contributed by atoms with Crippen LogP contribution in [0.2, 0.25) is 0 Å². The van der Waals surface area contributed by atoms with Gasteiger partial charge in [-0.25, -0.2) is 4.79 Å². The largest absolute Gasteiger partial charge is 0.388 e. The van der Waals surface area contributed by atoms with Crippen LogP contribution >= 0.6 is 0 Å². The molecule has 0 bridgehead atoms. The molecule has 0 fully saturated rings. The highest BCUT2D eigenvalue weighted by molar-refractivity contribution is 5.99. The van der Waals surface area contributed by atoms with Crippen LogP contribution in [0, 0.1) is 5.41 Å². The van der Waals surface area contributed by atoms with Gasteiger partial charge in [-0.1, -0.05) is 0 Å². The quantitative estimate of drug-likeness (QED) is 0.423. The van der Waals surface area contributed by atoms with Crippen molar-refractivity contribution in [2.45, 2.75) is 58.4 Å². The van der Waals surface area contributed by atoms with E-state index in [1.54, 1.807) is 0 Å². The topological polar surface area (TPSA) is 138 Å². The maximum absolute atomic E-state index is 14.3. The fourth-order valence-electron chi connectivity index (χ4n) is 1.52. The summed E-state index contributed by atoms with van der Waals surface area (Å²) in [5.41, 5.74) is -5.52. The molecular formula is C14H20F2O8. The Morgan fingerprint density at radius 3 is 1.67 bits per heavy atom. The van der Waals surface area contributed by atoms with Gasteiger partial charge < -0.3 is 20.1 Å². The summed E-state index contributed by atoms with van der Waals surface area (Å²) in [6.45, 7) is 4.88. The number of esters is 2. The zero-order valence-corrected chi connectivity index (χ0v) is 13.8. The molecule has 138 valence electrons. The highest BCUT2D eigenvalue weighted by Crippen LogP contribution is 2.36. The number of aliphatic hydroxyl groups excluding tert-OH is 2. The lowest BCUT2D eigenvalue weighted by Crippen LogP contribution is -2.68. The average Bonchev–Trinajstić information content (AvgIpc) is 2.42. The Balaban J connectivity index is 5.88. The van der Waals surface area contributed by atoms with E-state index in [-0.39, 0.29) is 0 Å². The van der Waals surface area contributed by atoms with Crippen molar-refractivity contribution in [2.75, 3.05) is 0 Å². The lowest BCUT2D eigenvalue weighted by Gasteiger charge is -2.36. The van der Waals surface area contributed by atoms with Crippen molar-refractivity contribution in [1.29, 1.82) is 0 Å². The third kappa shape index (κ3) is 4.00. The van der Waals surface area contributed by atoms with Crippen LogP contribution in [-0.4, -0.2) is 62.6 Å². The molecule has 0 heterocycles. The van der Waals surface area contributed by atoms with Gasteiger partial charge in [0.15, 0.2) is 11.6 Å². The molecule has 24 heavy (non-hydrogen) atoms. The van der Waals surface area contributed by atoms with E-state index in [4.69, 9.17) is 0 Å². The number of ketones is 2. The number of rotatable bonds is 6. The molecule has 0 aliphatic rings. The third-order valence-electron chi connectivity index (χ3n) is 3.21. The highest BCUT2D eigenvalue weighted by atomic mass is 19.3. The van der Waals surface area contributed by atoms with Gasteiger partial charge in [0.2, 0.25) is 5.60 Å². The molecule has 3 atom stereocenters. The van der Waals surface area contributed by atoms with Gasteiger partial charge in [-0.2, -0.15) is 8.78 Å². The zero-order valence-electron chi connectivity index (χ0n) is 13.8. The number of aliphatic hydroxyl groups is 3. The molecule has 0 saturated heterocycles. The van der Waals surface area contributed by atoms with Gasteiger partial charge >= 0.3 is 17.9 Å². The first-order valence-electron chi connectivity index (χ1n) is 6.75. The van der Waals surface area contributed by atoms with Crippen molar-refractivity contribution in [2.24, 2.45) is 5.41 Å². The van der Waals surface area contributed by atoms with Crippen molar-refractivity contribution >= 4 is 23.5 Å². The Morgan fingerprint density at radius 1 is 0.958 bits per heavy atom. The predicted octanol–water partition coefficient (Wildman–Crippen LogP) is -0.632. The molecular weight excluding hydrogens is 334 g/mol. The number of hydrogen-bond donors (Lipinski definition) is 3. The Morgan fingerprint density at radius 2 is 1.38 bits per heavy atom. The van der Waals surface area contributed by atoms with E-state index in [2.05, 4.69) is 4.74 Å². The molecule has 0 aromatic rings. The lowest BCUT2D eigenvalue weighted by atomic mass is 9.82. The summed E-state index contributed by atoms with van der Waals surface area (Å²) in [6, 6.07) is 0. The number of Topliss-reactive ketones (excluding diaryl/α,β-unsaturated/α-hetero) is 2. The van der Waals surface area contributed by atoms with Crippen molar-refractivity contribution in [3.05, 3.63) is 0 Å². The summed E-state index contributed by atoms with van der Waals surface area (Å²) < 4.78 is 32.5. The van der Waals surface area contributed by atoms with E-state index in [1.165, 1.54) is 20.8 Å². The Labute approximate surface area is 136 Å². The Kier molecular flexibility index (Phi) is 6.48. The van der Waals surface area contributed by atoms with Crippen LogP contribution in [0.3, 0.4) is 0 Å². The molecule has 0 saturated carbocycles. The number of halogens is 2.